The van der Waals surface area contributed by atoms with Crippen LogP contribution in [-0.2, 0) is 13.1 Å². The van der Waals surface area contributed by atoms with E-state index in [1.54, 1.807) is 6.20 Å². The van der Waals surface area contributed by atoms with Gasteiger partial charge in [0.15, 0.2) is 0 Å². The SMILES string of the molecule is Cc1csc(C(=O)N2Cc3cncnc3C2)c1. The van der Waals surface area contributed by atoms with E-state index < -0.39 is 0 Å². The van der Waals surface area contributed by atoms with E-state index in [2.05, 4.69) is 9.97 Å². The van der Waals surface area contributed by atoms with Crippen LogP contribution in [0.2, 0.25) is 0 Å². The largest absolute Gasteiger partial charge is 0.328 e. The van der Waals surface area contributed by atoms with Crippen LogP contribution in [0.15, 0.2) is 24.0 Å². The number of thiophene rings is 1. The van der Waals surface area contributed by atoms with Crippen molar-refractivity contribution in [3.8, 4) is 0 Å². The average molecular weight is 245 g/mol. The number of rotatable bonds is 1. The molecule has 2 aromatic heterocycles. The number of fused-ring (bicyclic) bond motifs is 1. The van der Waals surface area contributed by atoms with Crippen LogP contribution in [-0.4, -0.2) is 20.8 Å². The number of aryl methyl sites for hydroxylation is 1. The summed E-state index contributed by atoms with van der Waals surface area (Å²) >= 11 is 1.50. The van der Waals surface area contributed by atoms with Gasteiger partial charge in [0.05, 0.1) is 17.1 Å². The first-order valence-electron chi connectivity index (χ1n) is 5.36. The van der Waals surface area contributed by atoms with Gasteiger partial charge in [-0.2, -0.15) is 0 Å². The molecule has 0 aliphatic carbocycles. The summed E-state index contributed by atoms with van der Waals surface area (Å²) in [6.07, 6.45) is 3.32. The molecule has 0 saturated heterocycles. The second-order valence-corrected chi connectivity index (χ2v) is 5.06. The van der Waals surface area contributed by atoms with Gasteiger partial charge >= 0.3 is 0 Å². The Morgan fingerprint density at radius 2 is 2.35 bits per heavy atom. The van der Waals surface area contributed by atoms with E-state index in [4.69, 9.17) is 0 Å². The van der Waals surface area contributed by atoms with Crippen LogP contribution in [0, 0.1) is 6.92 Å². The van der Waals surface area contributed by atoms with Crippen molar-refractivity contribution in [2.75, 3.05) is 0 Å². The highest BCUT2D eigenvalue weighted by Crippen LogP contribution is 2.24. The van der Waals surface area contributed by atoms with Gasteiger partial charge in [-0.05, 0) is 23.9 Å². The van der Waals surface area contributed by atoms with E-state index >= 15 is 0 Å². The number of aromatic nitrogens is 2. The quantitative estimate of drug-likeness (QED) is 0.772. The summed E-state index contributed by atoms with van der Waals surface area (Å²) in [7, 11) is 0. The van der Waals surface area contributed by atoms with Gasteiger partial charge in [0.2, 0.25) is 0 Å². The Bertz CT molecular complexity index is 554. The molecule has 0 fully saturated rings. The molecule has 3 rings (SSSR count). The number of hydrogen-bond acceptors (Lipinski definition) is 4. The highest BCUT2D eigenvalue weighted by atomic mass is 32.1. The van der Waals surface area contributed by atoms with Gasteiger partial charge in [0.1, 0.15) is 6.33 Å². The molecule has 4 nitrogen and oxygen atoms in total. The highest BCUT2D eigenvalue weighted by molar-refractivity contribution is 7.12. The maximum absolute atomic E-state index is 12.2. The van der Waals surface area contributed by atoms with Crippen LogP contribution < -0.4 is 0 Å². The molecule has 2 aromatic rings. The third-order valence-electron chi connectivity index (χ3n) is 2.81. The molecule has 3 heterocycles. The minimum atomic E-state index is 0.0844. The molecule has 0 N–H and O–H groups in total. The molecule has 0 atom stereocenters. The minimum absolute atomic E-state index is 0.0844. The zero-order valence-corrected chi connectivity index (χ0v) is 10.2. The third-order valence-corrected chi connectivity index (χ3v) is 3.85. The van der Waals surface area contributed by atoms with E-state index in [9.17, 15) is 4.79 Å². The minimum Gasteiger partial charge on any atom is -0.328 e. The summed E-state index contributed by atoms with van der Waals surface area (Å²) in [6, 6.07) is 1.93. The molecule has 5 heteroatoms. The predicted octanol–water partition coefficient (Wildman–Crippen LogP) is 2.00. The number of hydrogen-bond donors (Lipinski definition) is 0. The number of carbonyl (C=O) groups is 1. The fraction of sp³-hybridized carbons (Fsp3) is 0.250. The van der Waals surface area contributed by atoms with Crippen LogP contribution >= 0.6 is 11.3 Å². The third kappa shape index (κ3) is 1.82. The van der Waals surface area contributed by atoms with E-state index in [0.29, 0.717) is 13.1 Å². The second-order valence-electron chi connectivity index (χ2n) is 4.14. The van der Waals surface area contributed by atoms with Crippen LogP contribution in [0.5, 0.6) is 0 Å². The number of nitrogens with zero attached hydrogens (tertiary/aromatic N) is 3. The lowest BCUT2D eigenvalue weighted by molar-refractivity contribution is 0.0755. The lowest BCUT2D eigenvalue weighted by Crippen LogP contribution is -2.24. The fourth-order valence-corrected chi connectivity index (χ4v) is 2.81. The van der Waals surface area contributed by atoms with E-state index in [0.717, 1.165) is 21.7 Å². The molecule has 0 bridgehead atoms. The summed E-state index contributed by atoms with van der Waals surface area (Å²) in [4.78, 5) is 23.0. The standard InChI is InChI=1S/C12H11N3OS/c1-8-2-11(17-6-8)12(16)15-4-9-3-13-7-14-10(9)5-15/h2-3,6-7H,4-5H2,1H3. The molecule has 0 aromatic carbocycles. The Balaban J connectivity index is 1.83. The summed E-state index contributed by atoms with van der Waals surface area (Å²) in [6.45, 7) is 3.21. The van der Waals surface area contributed by atoms with Crippen LogP contribution in [0.1, 0.15) is 26.5 Å². The first-order valence-corrected chi connectivity index (χ1v) is 6.24. The summed E-state index contributed by atoms with van der Waals surface area (Å²) in [5, 5.41) is 2.00. The van der Waals surface area contributed by atoms with Gasteiger partial charge in [0.25, 0.3) is 5.91 Å². The van der Waals surface area contributed by atoms with Crippen LogP contribution in [0.3, 0.4) is 0 Å². The molecular weight excluding hydrogens is 234 g/mol. The van der Waals surface area contributed by atoms with Crippen LogP contribution in [0.4, 0.5) is 0 Å². The van der Waals surface area contributed by atoms with Gasteiger partial charge in [-0.25, -0.2) is 9.97 Å². The molecule has 0 radical (unpaired) electrons. The lowest BCUT2D eigenvalue weighted by Gasteiger charge is -2.13. The van der Waals surface area contributed by atoms with E-state index in [-0.39, 0.29) is 5.91 Å². The molecule has 1 amide bonds. The molecule has 0 spiro atoms. The molecule has 17 heavy (non-hydrogen) atoms. The maximum atomic E-state index is 12.2. The molecule has 86 valence electrons. The lowest BCUT2D eigenvalue weighted by atomic mass is 10.3. The van der Waals surface area contributed by atoms with Gasteiger partial charge in [-0.3, -0.25) is 4.79 Å². The van der Waals surface area contributed by atoms with Gasteiger partial charge < -0.3 is 4.90 Å². The zero-order chi connectivity index (χ0) is 11.8. The summed E-state index contributed by atoms with van der Waals surface area (Å²) < 4.78 is 0. The average Bonchev–Trinajstić information content (AvgIpc) is 2.93. The smallest absolute Gasteiger partial charge is 0.264 e. The van der Waals surface area contributed by atoms with Gasteiger partial charge in [0, 0.05) is 18.3 Å². The van der Waals surface area contributed by atoms with Gasteiger partial charge in [-0.1, -0.05) is 0 Å². The Morgan fingerprint density at radius 3 is 3.06 bits per heavy atom. The Hall–Kier alpha value is -1.75. The number of carbonyl (C=O) groups excluding carboxylic acids is 1. The van der Waals surface area contributed by atoms with Crippen molar-refractivity contribution in [2.24, 2.45) is 0 Å². The van der Waals surface area contributed by atoms with Crippen molar-refractivity contribution in [1.82, 2.24) is 14.9 Å². The zero-order valence-electron chi connectivity index (χ0n) is 9.38. The van der Waals surface area contributed by atoms with Crippen LogP contribution in [0.25, 0.3) is 0 Å². The van der Waals surface area contributed by atoms with Crippen molar-refractivity contribution in [3.63, 3.8) is 0 Å². The molecular formula is C12H11N3OS. The molecule has 1 aliphatic heterocycles. The Kier molecular flexibility index (Phi) is 2.40. The van der Waals surface area contributed by atoms with Crippen molar-refractivity contribution in [1.29, 1.82) is 0 Å². The van der Waals surface area contributed by atoms with Crippen molar-refractivity contribution >= 4 is 17.2 Å². The topological polar surface area (TPSA) is 46.1 Å². The van der Waals surface area contributed by atoms with Crippen molar-refractivity contribution < 1.29 is 4.79 Å². The number of amides is 1. The Morgan fingerprint density at radius 1 is 1.47 bits per heavy atom. The second kappa shape index (κ2) is 3.92. The summed E-state index contributed by atoms with van der Waals surface area (Å²) in [5.74, 6) is 0.0844. The summed E-state index contributed by atoms with van der Waals surface area (Å²) in [5.41, 5.74) is 3.14. The monoisotopic (exact) mass is 245 g/mol. The van der Waals surface area contributed by atoms with E-state index in [1.807, 2.05) is 23.3 Å². The molecule has 0 saturated carbocycles. The van der Waals surface area contributed by atoms with E-state index in [1.165, 1.54) is 17.7 Å². The predicted molar refractivity (Wildman–Crippen MR) is 64.7 cm³/mol. The van der Waals surface area contributed by atoms with Crippen molar-refractivity contribution in [2.45, 2.75) is 20.0 Å². The normalized spacial score (nSPS) is 13.8. The maximum Gasteiger partial charge on any atom is 0.264 e. The fourth-order valence-electron chi connectivity index (χ4n) is 1.94. The molecule has 1 aliphatic rings. The Labute approximate surface area is 103 Å². The highest BCUT2D eigenvalue weighted by Gasteiger charge is 2.25. The van der Waals surface area contributed by atoms with Gasteiger partial charge in [-0.15, -0.1) is 11.3 Å². The van der Waals surface area contributed by atoms with Crippen molar-refractivity contribution in [3.05, 3.63) is 45.7 Å². The molecule has 0 unspecified atom stereocenters. The first kappa shape index (κ1) is 10.4. The first-order chi connectivity index (χ1) is 8.24.